The summed E-state index contributed by atoms with van der Waals surface area (Å²) in [5.41, 5.74) is 0. The number of rotatable bonds is 6. The predicted octanol–water partition coefficient (Wildman–Crippen LogP) is 4.08. The van der Waals surface area contributed by atoms with Gasteiger partial charge in [0.1, 0.15) is 0 Å². The highest BCUT2D eigenvalue weighted by Crippen LogP contribution is 2.29. The Balaban J connectivity index is 1.68. The number of thioether (sulfide) groups is 1. The van der Waals surface area contributed by atoms with Gasteiger partial charge in [0.25, 0.3) is 5.91 Å². The molecule has 0 aromatic heterocycles. The zero-order chi connectivity index (χ0) is 16.7. The van der Waals surface area contributed by atoms with Crippen molar-refractivity contribution in [2.75, 3.05) is 12.4 Å². The first kappa shape index (κ1) is 18.4. The third kappa shape index (κ3) is 6.61. The van der Waals surface area contributed by atoms with Crippen LogP contribution in [-0.4, -0.2) is 30.3 Å². The van der Waals surface area contributed by atoms with Crippen molar-refractivity contribution >= 4 is 46.8 Å². The molecule has 0 unspecified atom stereocenters. The van der Waals surface area contributed by atoms with Gasteiger partial charge in [0, 0.05) is 16.0 Å². The largest absolute Gasteiger partial charge is 0.455 e. The number of esters is 1. The summed E-state index contributed by atoms with van der Waals surface area (Å²) in [6.07, 6.45) is 5.51. The molecule has 1 aliphatic carbocycles. The molecule has 1 aliphatic rings. The SMILES string of the molecule is O=C(COC(=O)CSc1cc(Cl)ccc1Cl)NC1CCCCC1. The van der Waals surface area contributed by atoms with Crippen LogP contribution in [0.4, 0.5) is 0 Å². The van der Waals surface area contributed by atoms with Crippen LogP contribution in [0.2, 0.25) is 10.0 Å². The van der Waals surface area contributed by atoms with Crippen molar-refractivity contribution in [3.63, 3.8) is 0 Å². The minimum Gasteiger partial charge on any atom is -0.455 e. The third-order valence-corrected chi connectivity index (χ3v) is 5.28. The van der Waals surface area contributed by atoms with E-state index in [4.69, 9.17) is 27.9 Å². The minimum absolute atomic E-state index is 0.0801. The Morgan fingerprint density at radius 3 is 2.70 bits per heavy atom. The molecule has 0 aliphatic heterocycles. The number of carbonyl (C=O) groups is 2. The fourth-order valence-electron chi connectivity index (χ4n) is 2.43. The van der Waals surface area contributed by atoms with Crippen molar-refractivity contribution in [2.45, 2.75) is 43.0 Å². The van der Waals surface area contributed by atoms with E-state index in [-0.39, 0.29) is 24.3 Å². The highest BCUT2D eigenvalue weighted by Gasteiger charge is 2.16. The first-order valence-corrected chi connectivity index (χ1v) is 9.31. The molecule has 7 heteroatoms. The summed E-state index contributed by atoms with van der Waals surface area (Å²) in [6.45, 7) is -0.237. The van der Waals surface area contributed by atoms with E-state index in [1.54, 1.807) is 18.2 Å². The van der Waals surface area contributed by atoms with Crippen LogP contribution in [0.1, 0.15) is 32.1 Å². The Hall–Kier alpha value is -0.910. The zero-order valence-corrected chi connectivity index (χ0v) is 15.0. The van der Waals surface area contributed by atoms with Gasteiger partial charge in [0.2, 0.25) is 0 Å². The van der Waals surface area contributed by atoms with E-state index in [0.29, 0.717) is 14.9 Å². The lowest BCUT2D eigenvalue weighted by Crippen LogP contribution is -2.38. The molecule has 4 nitrogen and oxygen atoms in total. The first-order chi connectivity index (χ1) is 11.0. The maximum Gasteiger partial charge on any atom is 0.316 e. The van der Waals surface area contributed by atoms with Crippen molar-refractivity contribution in [2.24, 2.45) is 0 Å². The first-order valence-electron chi connectivity index (χ1n) is 7.57. The van der Waals surface area contributed by atoms with Gasteiger partial charge in [-0.3, -0.25) is 9.59 Å². The summed E-state index contributed by atoms with van der Waals surface area (Å²) in [4.78, 5) is 24.2. The van der Waals surface area contributed by atoms with Gasteiger partial charge in [-0.1, -0.05) is 42.5 Å². The molecule has 23 heavy (non-hydrogen) atoms. The monoisotopic (exact) mass is 375 g/mol. The Morgan fingerprint density at radius 2 is 1.96 bits per heavy atom. The number of hydrogen-bond acceptors (Lipinski definition) is 4. The molecule has 0 atom stereocenters. The Bertz CT molecular complexity index is 562. The number of benzene rings is 1. The molecule has 0 bridgehead atoms. The van der Waals surface area contributed by atoms with Gasteiger partial charge >= 0.3 is 5.97 Å². The minimum atomic E-state index is -0.454. The van der Waals surface area contributed by atoms with Gasteiger partial charge in [-0.2, -0.15) is 0 Å². The molecule has 0 saturated heterocycles. The normalized spacial score (nSPS) is 15.2. The Labute approximate surface area is 150 Å². The van der Waals surface area contributed by atoms with E-state index in [2.05, 4.69) is 5.32 Å². The summed E-state index contributed by atoms with van der Waals surface area (Å²) >= 11 is 13.1. The number of ether oxygens (including phenoxy) is 1. The second-order valence-corrected chi connectivity index (χ2v) is 7.29. The second kappa shape index (κ2) is 9.40. The van der Waals surface area contributed by atoms with Gasteiger partial charge in [0.15, 0.2) is 6.61 Å². The number of amides is 1. The predicted molar refractivity (Wildman–Crippen MR) is 93.2 cm³/mol. The van der Waals surface area contributed by atoms with Crippen molar-refractivity contribution in [3.8, 4) is 0 Å². The van der Waals surface area contributed by atoms with Crippen molar-refractivity contribution < 1.29 is 14.3 Å². The number of nitrogens with one attached hydrogen (secondary N) is 1. The lowest BCUT2D eigenvalue weighted by atomic mass is 9.95. The maximum absolute atomic E-state index is 11.8. The molecule has 0 radical (unpaired) electrons. The van der Waals surface area contributed by atoms with Gasteiger partial charge < -0.3 is 10.1 Å². The summed E-state index contributed by atoms with van der Waals surface area (Å²) < 4.78 is 4.99. The van der Waals surface area contributed by atoms with Gasteiger partial charge in [-0.15, -0.1) is 11.8 Å². The van der Waals surface area contributed by atoms with Crippen molar-refractivity contribution in [3.05, 3.63) is 28.2 Å². The fraction of sp³-hybridized carbons (Fsp3) is 0.500. The molecule has 1 fully saturated rings. The average Bonchev–Trinajstić information content (AvgIpc) is 2.54. The highest BCUT2D eigenvalue weighted by atomic mass is 35.5. The Kier molecular flexibility index (Phi) is 7.53. The van der Waals surface area contributed by atoms with E-state index >= 15 is 0 Å². The summed E-state index contributed by atoms with van der Waals surface area (Å²) in [6, 6.07) is 5.27. The van der Waals surface area contributed by atoms with Crippen LogP contribution in [0, 0.1) is 0 Å². The van der Waals surface area contributed by atoms with E-state index in [9.17, 15) is 9.59 Å². The average molecular weight is 376 g/mol. The summed E-state index contributed by atoms with van der Waals surface area (Å²) in [7, 11) is 0. The molecule has 1 aromatic rings. The highest BCUT2D eigenvalue weighted by molar-refractivity contribution is 8.00. The zero-order valence-electron chi connectivity index (χ0n) is 12.6. The summed E-state index contributed by atoms with van der Waals surface area (Å²) in [5.74, 6) is -0.614. The molecule has 1 amide bonds. The van der Waals surface area contributed by atoms with Crippen LogP contribution in [-0.2, 0) is 14.3 Å². The van der Waals surface area contributed by atoms with Crippen LogP contribution in [0.25, 0.3) is 0 Å². The molecular formula is C16H19Cl2NO3S. The summed E-state index contributed by atoms with van der Waals surface area (Å²) in [5, 5.41) is 3.99. The molecule has 0 spiro atoms. The topological polar surface area (TPSA) is 55.4 Å². The standard InChI is InChI=1S/C16H19Cl2NO3S/c17-11-6-7-13(18)14(8-11)23-10-16(21)22-9-15(20)19-12-4-2-1-3-5-12/h6-8,12H,1-5,9-10H2,(H,19,20). The lowest BCUT2D eigenvalue weighted by molar-refractivity contribution is -0.146. The quantitative estimate of drug-likeness (QED) is 0.601. The van der Waals surface area contributed by atoms with Crippen molar-refractivity contribution in [1.29, 1.82) is 0 Å². The fourth-order valence-corrected chi connectivity index (χ4v) is 3.72. The molecule has 0 heterocycles. The van der Waals surface area contributed by atoms with E-state index in [1.807, 2.05) is 0 Å². The van der Waals surface area contributed by atoms with Gasteiger partial charge in [-0.25, -0.2) is 0 Å². The molecule has 126 valence electrons. The molecule has 1 N–H and O–H groups in total. The van der Waals surface area contributed by atoms with Gasteiger partial charge in [0.05, 0.1) is 10.8 Å². The molecule has 2 rings (SSSR count). The number of halogens is 2. The van der Waals surface area contributed by atoms with Crippen LogP contribution in [0.3, 0.4) is 0 Å². The van der Waals surface area contributed by atoms with E-state index in [0.717, 1.165) is 25.7 Å². The van der Waals surface area contributed by atoms with E-state index < -0.39 is 5.97 Å². The smallest absolute Gasteiger partial charge is 0.316 e. The van der Waals surface area contributed by atoms with Crippen LogP contribution >= 0.6 is 35.0 Å². The number of carbonyl (C=O) groups excluding carboxylic acids is 2. The maximum atomic E-state index is 11.8. The number of hydrogen-bond donors (Lipinski definition) is 1. The Morgan fingerprint density at radius 1 is 1.22 bits per heavy atom. The van der Waals surface area contributed by atoms with E-state index in [1.165, 1.54) is 18.2 Å². The van der Waals surface area contributed by atoms with Gasteiger partial charge in [-0.05, 0) is 31.0 Å². The van der Waals surface area contributed by atoms with Crippen LogP contribution in [0.5, 0.6) is 0 Å². The molecule has 1 aromatic carbocycles. The molecular weight excluding hydrogens is 357 g/mol. The van der Waals surface area contributed by atoms with Crippen molar-refractivity contribution in [1.82, 2.24) is 5.32 Å². The van der Waals surface area contributed by atoms with Crippen LogP contribution in [0.15, 0.2) is 23.1 Å². The lowest BCUT2D eigenvalue weighted by Gasteiger charge is -2.22. The third-order valence-electron chi connectivity index (χ3n) is 3.57. The molecule has 1 saturated carbocycles. The second-order valence-electron chi connectivity index (χ2n) is 5.43. The van der Waals surface area contributed by atoms with Crippen LogP contribution < -0.4 is 5.32 Å².